The number of halogens is 2. The molecule has 1 saturated heterocycles. The van der Waals surface area contributed by atoms with E-state index in [-0.39, 0.29) is 17.3 Å². The molecule has 1 fully saturated rings. The van der Waals surface area contributed by atoms with Gasteiger partial charge in [0.15, 0.2) is 5.82 Å². The van der Waals surface area contributed by atoms with Crippen molar-refractivity contribution in [2.45, 2.75) is 51.1 Å². The number of hydrogen-bond donors (Lipinski definition) is 2. The van der Waals surface area contributed by atoms with Crippen molar-refractivity contribution in [2.24, 2.45) is 7.05 Å². The van der Waals surface area contributed by atoms with Crippen molar-refractivity contribution in [2.75, 3.05) is 11.9 Å². The lowest BCUT2D eigenvalue weighted by Gasteiger charge is -2.28. The highest BCUT2D eigenvalue weighted by Gasteiger charge is 2.33. The first-order valence-electron chi connectivity index (χ1n) is 11.0. The standard InChI is InChI=1S/C22H25F2N9/c1-12-4-5-13(10-25-12)27-21-26-11-16(22(2,23)24)19(29-21)15-7-8-17-14(15)6-9-18(28-17)20-30-31-32-33(20)3/h6-7,9,11-13,25H,4-5,8,10H2,1-3H3,(H,26,27,29)/t12-,13-/m0/s1. The molecule has 2 N–H and O–H groups in total. The van der Waals surface area contributed by atoms with Gasteiger partial charge < -0.3 is 10.6 Å². The summed E-state index contributed by atoms with van der Waals surface area (Å²) in [5.74, 6) is -2.20. The lowest BCUT2D eigenvalue weighted by Crippen LogP contribution is -2.43. The molecule has 2 aliphatic rings. The van der Waals surface area contributed by atoms with E-state index in [9.17, 15) is 8.78 Å². The number of alkyl halides is 2. The van der Waals surface area contributed by atoms with Crippen LogP contribution in [0.2, 0.25) is 0 Å². The SMILES string of the molecule is C[C@H]1CC[C@H](Nc2ncc(C(C)(F)F)c(C3=CCc4nc(-c5nnnn5C)ccc43)n2)CN1. The van der Waals surface area contributed by atoms with Gasteiger partial charge in [0.25, 0.3) is 5.92 Å². The molecule has 4 heterocycles. The van der Waals surface area contributed by atoms with Crippen LogP contribution < -0.4 is 10.6 Å². The minimum absolute atomic E-state index is 0.149. The van der Waals surface area contributed by atoms with Crippen LogP contribution in [0, 0.1) is 0 Å². The molecule has 33 heavy (non-hydrogen) atoms. The summed E-state index contributed by atoms with van der Waals surface area (Å²) in [5.41, 5.74) is 2.83. The number of nitrogens with zero attached hydrogens (tertiary/aromatic N) is 7. The van der Waals surface area contributed by atoms with Crippen LogP contribution in [-0.4, -0.2) is 53.8 Å². The van der Waals surface area contributed by atoms with E-state index in [1.807, 2.05) is 12.1 Å². The Morgan fingerprint density at radius 2 is 2.06 bits per heavy atom. The van der Waals surface area contributed by atoms with E-state index in [1.165, 1.54) is 10.9 Å². The first kappa shape index (κ1) is 21.5. The number of hydrogen-bond acceptors (Lipinski definition) is 8. The average molecular weight is 454 g/mol. The Hall–Kier alpha value is -3.34. The minimum atomic E-state index is -3.09. The van der Waals surface area contributed by atoms with Gasteiger partial charge in [-0.15, -0.1) is 5.10 Å². The molecule has 1 aliphatic heterocycles. The van der Waals surface area contributed by atoms with E-state index in [2.05, 4.69) is 48.0 Å². The summed E-state index contributed by atoms with van der Waals surface area (Å²) in [6, 6.07) is 4.28. The topological polar surface area (TPSA) is 106 Å². The largest absolute Gasteiger partial charge is 0.350 e. The van der Waals surface area contributed by atoms with Crippen molar-refractivity contribution in [3.63, 3.8) is 0 Å². The Morgan fingerprint density at radius 3 is 2.76 bits per heavy atom. The molecular formula is C22H25F2N9. The number of nitrogens with one attached hydrogen (secondary N) is 2. The van der Waals surface area contributed by atoms with Gasteiger partial charge in [0.05, 0.1) is 17.0 Å². The number of aromatic nitrogens is 7. The maximum atomic E-state index is 14.5. The van der Waals surface area contributed by atoms with Crippen LogP contribution in [0.1, 0.15) is 49.2 Å². The smallest absolute Gasteiger partial charge is 0.274 e. The summed E-state index contributed by atoms with van der Waals surface area (Å²) >= 11 is 0. The third kappa shape index (κ3) is 4.20. The zero-order valence-corrected chi connectivity index (χ0v) is 18.7. The number of fused-ring (bicyclic) bond motifs is 1. The van der Waals surface area contributed by atoms with E-state index in [0.29, 0.717) is 35.5 Å². The average Bonchev–Trinajstić information content (AvgIpc) is 3.40. The third-order valence-electron chi connectivity index (χ3n) is 6.12. The van der Waals surface area contributed by atoms with Gasteiger partial charge in [-0.05, 0) is 36.3 Å². The van der Waals surface area contributed by atoms with Gasteiger partial charge in [0, 0.05) is 56.4 Å². The van der Waals surface area contributed by atoms with Gasteiger partial charge in [-0.1, -0.05) is 12.1 Å². The summed E-state index contributed by atoms with van der Waals surface area (Å²) in [5, 5.41) is 18.2. The van der Waals surface area contributed by atoms with Gasteiger partial charge in [-0.2, -0.15) is 0 Å². The minimum Gasteiger partial charge on any atom is -0.350 e. The number of aryl methyl sites for hydroxylation is 1. The summed E-state index contributed by atoms with van der Waals surface area (Å²) in [6.45, 7) is 3.79. The predicted molar refractivity (Wildman–Crippen MR) is 119 cm³/mol. The van der Waals surface area contributed by atoms with E-state index in [4.69, 9.17) is 0 Å². The molecule has 5 rings (SSSR count). The molecule has 172 valence electrons. The fourth-order valence-electron chi connectivity index (χ4n) is 4.29. The normalized spacial score (nSPS) is 20.5. The lowest BCUT2D eigenvalue weighted by atomic mass is 9.99. The zero-order chi connectivity index (χ0) is 23.2. The fraction of sp³-hybridized carbons (Fsp3) is 0.455. The Balaban J connectivity index is 1.49. The molecule has 3 aromatic rings. The molecule has 0 aromatic carbocycles. The summed E-state index contributed by atoms with van der Waals surface area (Å²) in [6.07, 6.45) is 5.63. The molecule has 0 spiro atoms. The Kier molecular flexibility index (Phi) is 5.35. The second-order valence-corrected chi connectivity index (χ2v) is 8.71. The summed E-state index contributed by atoms with van der Waals surface area (Å²) in [7, 11) is 1.74. The van der Waals surface area contributed by atoms with Gasteiger partial charge in [-0.3, -0.25) is 0 Å². The molecular weight excluding hydrogens is 428 g/mol. The van der Waals surface area contributed by atoms with Crippen LogP contribution >= 0.6 is 0 Å². The van der Waals surface area contributed by atoms with Crippen molar-refractivity contribution in [3.05, 3.63) is 46.9 Å². The quantitative estimate of drug-likeness (QED) is 0.608. The lowest BCUT2D eigenvalue weighted by molar-refractivity contribution is 0.0165. The van der Waals surface area contributed by atoms with E-state index in [0.717, 1.165) is 37.6 Å². The highest BCUT2D eigenvalue weighted by Crippen LogP contribution is 2.38. The monoisotopic (exact) mass is 453 g/mol. The van der Waals surface area contributed by atoms with Crippen LogP contribution in [-0.2, 0) is 19.4 Å². The second-order valence-electron chi connectivity index (χ2n) is 8.71. The molecule has 0 radical (unpaired) electrons. The van der Waals surface area contributed by atoms with Crippen LogP contribution in [0.15, 0.2) is 24.4 Å². The van der Waals surface area contributed by atoms with Gasteiger partial charge >= 0.3 is 0 Å². The molecule has 1 aliphatic carbocycles. The third-order valence-corrected chi connectivity index (χ3v) is 6.12. The first-order chi connectivity index (χ1) is 15.8. The highest BCUT2D eigenvalue weighted by molar-refractivity contribution is 5.84. The molecule has 9 nitrogen and oxygen atoms in total. The molecule has 3 aromatic heterocycles. The van der Waals surface area contributed by atoms with Crippen molar-refractivity contribution >= 4 is 11.5 Å². The Labute approximate surface area is 189 Å². The van der Waals surface area contributed by atoms with Crippen LogP contribution in [0.25, 0.3) is 17.1 Å². The van der Waals surface area contributed by atoms with E-state index >= 15 is 0 Å². The highest BCUT2D eigenvalue weighted by atomic mass is 19.3. The first-order valence-corrected chi connectivity index (χ1v) is 11.0. The van der Waals surface area contributed by atoms with Crippen molar-refractivity contribution < 1.29 is 8.78 Å². The number of rotatable bonds is 5. The molecule has 11 heteroatoms. The van der Waals surface area contributed by atoms with Crippen LogP contribution in [0.5, 0.6) is 0 Å². The van der Waals surface area contributed by atoms with Crippen molar-refractivity contribution in [3.8, 4) is 11.5 Å². The van der Waals surface area contributed by atoms with E-state index < -0.39 is 5.92 Å². The van der Waals surface area contributed by atoms with Crippen molar-refractivity contribution in [1.29, 1.82) is 0 Å². The number of allylic oxidation sites excluding steroid dienone is 1. The fourth-order valence-corrected chi connectivity index (χ4v) is 4.29. The van der Waals surface area contributed by atoms with Crippen molar-refractivity contribution in [1.82, 2.24) is 40.5 Å². The molecule has 0 bridgehead atoms. The summed E-state index contributed by atoms with van der Waals surface area (Å²) in [4.78, 5) is 13.4. The Morgan fingerprint density at radius 1 is 1.21 bits per heavy atom. The molecule has 0 saturated carbocycles. The molecule has 2 atom stereocenters. The number of piperidine rings is 1. The number of anilines is 1. The maximum Gasteiger partial charge on any atom is 0.274 e. The number of tetrazole rings is 1. The van der Waals surface area contributed by atoms with Gasteiger partial charge in [0.2, 0.25) is 5.95 Å². The van der Waals surface area contributed by atoms with Gasteiger partial charge in [-0.25, -0.2) is 28.4 Å². The second kappa shape index (κ2) is 8.22. The van der Waals surface area contributed by atoms with Gasteiger partial charge in [0.1, 0.15) is 5.69 Å². The number of pyridine rings is 1. The van der Waals surface area contributed by atoms with Crippen LogP contribution in [0.3, 0.4) is 0 Å². The zero-order valence-electron chi connectivity index (χ0n) is 18.7. The molecule has 0 amide bonds. The maximum absolute atomic E-state index is 14.5. The Bertz CT molecular complexity index is 1210. The molecule has 0 unspecified atom stereocenters. The van der Waals surface area contributed by atoms with E-state index in [1.54, 1.807) is 13.1 Å². The van der Waals surface area contributed by atoms with Crippen LogP contribution in [0.4, 0.5) is 14.7 Å². The summed E-state index contributed by atoms with van der Waals surface area (Å²) < 4.78 is 30.5. The predicted octanol–water partition coefficient (Wildman–Crippen LogP) is 2.71.